The van der Waals surface area contributed by atoms with Crippen LogP contribution in [-0.2, 0) is 16.0 Å². The molecule has 0 bridgehead atoms. The standard InChI is InChI=1S/C17H26N2O2/c1-21-13-15-7-9-19(10-8-15)17(20)16(12-18)11-14-5-3-2-4-6-14/h2-6,15-16H,7-13,18H2,1H3. The summed E-state index contributed by atoms with van der Waals surface area (Å²) in [6.07, 6.45) is 2.79. The largest absolute Gasteiger partial charge is 0.384 e. The predicted molar refractivity (Wildman–Crippen MR) is 83.9 cm³/mol. The number of rotatable bonds is 6. The van der Waals surface area contributed by atoms with E-state index in [2.05, 4.69) is 12.1 Å². The van der Waals surface area contributed by atoms with Crippen LogP contribution in [-0.4, -0.2) is 44.2 Å². The number of amides is 1. The molecule has 1 saturated heterocycles. The van der Waals surface area contributed by atoms with Crippen LogP contribution in [0.2, 0.25) is 0 Å². The molecule has 4 heteroatoms. The minimum atomic E-state index is -0.105. The first-order chi connectivity index (χ1) is 10.2. The Hall–Kier alpha value is -1.39. The lowest BCUT2D eigenvalue weighted by Gasteiger charge is -2.34. The molecule has 0 radical (unpaired) electrons. The minimum absolute atomic E-state index is 0.105. The van der Waals surface area contributed by atoms with Crippen molar-refractivity contribution in [2.24, 2.45) is 17.6 Å². The van der Waals surface area contributed by atoms with Gasteiger partial charge in [0.25, 0.3) is 0 Å². The Labute approximate surface area is 127 Å². The molecule has 1 aromatic rings. The molecule has 1 aromatic carbocycles. The van der Waals surface area contributed by atoms with Crippen molar-refractivity contribution in [2.45, 2.75) is 19.3 Å². The van der Waals surface area contributed by atoms with Gasteiger partial charge in [-0.05, 0) is 30.7 Å². The van der Waals surface area contributed by atoms with E-state index in [9.17, 15) is 4.79 Å². The first kappa shape index (κ1) is 16.0. The summed E-state index contributed by atoms with van der Waals surface area (Å²) < 4.78 is 5.20. The lowest BCUT2D eigenvalue weighted by atomic mass is 9.94. The van der Waals surface area contributed by atoms with Crippen molar-refractivity contribution < 1.29 is 9.53 Å². The van der Waals surface area contributed by atoms with Crippen LogP contribution in [0.4, 0.5) is 0 Å². The molecule has 1 aliphatic heterocycles. The summed E-state index contributed by atoms with van der Waals surface area (Å²) in [7, 11) is 1.74. The Morgan fingerprint density at radius 3 is 2.57 bits per heavy atom. The third-order valence-corrected chi connectivity index (χ3v) is 4.29. The number of likely N-dealkylation sites (tertiary alicyclic amines) is 1. The second-order valence-corrected chi connectivity index (χ2v) is 5.85. The molecule has 1 amide bonds. The molecule has 1 atom stereocenters. The van der Waals surface area contributed by atoms with Gasteiger partial charge in [-0.25, -0.2) is 0 Å². The Balaban J connectivity index is 1.89. The number of ether oxygens (including phenoxy) is 1. The van der Waals surface area contributed by atoms with Crippen molar-refractivity contribution in [3.63, 3.8) is 0 Å². The molecule has 21 heavy (non-hydrogen) atoms. The second-order valence-electron chi connectivity index (χ2n) is 5.85. The highest BCUT2D eigenvalue weighted by atomic mass is 16.5. The van der Waals surface area contributed by atoms with E-state index >= 15 is 0 Å². The van der Waals surface area contributed by atoms with Gasteiger partial charge in [0, 0.05) is 33.4 Å². The smallest absolute Gasteiger partial charge is 0.227 e. The molecule has 1 heterocycles. The molecule has 2 rings (SSSR count). The number of piperidine rings is 1. The number of benzene rings is 1. The van der Waals surface area contributed by atoms with Gasteiger partial charge in [0.05, 0.1) is 5.92 Å². The van der Waals surface area contributed by atoms with E-state index in [0.29, 0.717) is 12.5 Å². The highest BCUT2D eigenvalue weighted by Gasteiger charge is 2.27. The maximum Gasteiger partial charge on any atom is 0.227 e. The number of hydrogen-bond acceptors (Lipinski definition) is 3. The van der Waals surface area contributed by atoms with Gasteiger partial charge in [-0.1, -0.05) is 30.3 Å². The topological polar surface area (TPSA) is 55.6 Å². The molecule has 0 aromatic heterocycles. The van der Waals surface area contributed by atoms with Crippen molar-refractivity contribution in [1.82, 2.24) is 4.90 Å². The Morgan fingerprint density at radius 2 is 2.00 bits per heavy atom. The third kappa shape index (κ3) is 4.55. The Bertz CT molecular complexity index is 428. The van der Waals surface area contributed by atoms with E-state index in [1.807, 2.05) is 23.1 Å². The molecule has 2 N–H and O–H groups in total. The van der Waals surface area contributed by atoms with Crippen molar-refractivity contribution in [1.29, 1.82) is 0 Å². The zero-order valence-electron chi connectivity index (χ0n) is 12.8. The van der Waals surface area contributed by atoms with Crippen LogP contribution in [0.5, 0.6) is 0 Å². The summed E-state index contributed by atoms with van der Waals surface area (Å²) in [5.74, 6) is 0.688. The van der Waals surface area contributed by atoms with E-state index in [-0.39, 0.29) is 11.8 Å². The van der Waals surface area contributed by atoms with Gasteiger partial charge in [0.2, 0.25) is 5.91 Å². The van der Waals surface area contributed by atoms with Crippen LogP contribution in [0.15, 0.2) is 30.3 Å². The molecular weight excluding hydrogens is 264 g/mol. The van der Waals surface area contributed by atoms with Crippen LogP contribution in [0, 0.1) is 11.8 Å². The maximum absolute atomic E-state index is 12.6. The lowest BCUT2D eigenvalue weighted by Crippen LogP contribution is -2.44. The van der Waals surface area contributed by atoms with Crippen molar-refractivity contribution in [2.75, 3.05) is 33.4 Å². The zero-order valence-corrected chi connectivity index (χ0v) is 12.8. The summed E-state index contributed by atoms with van der Waals surface area (Å²) in [4.78, 5) is 14.6. The van der Waals surface area contributed by atoms with E-state index < -0.39 is 0 Å². The van der Waals surface area contributed by atoms with Crippen LogP contribution < -0.4 is 5.73 Å². The van der Waals surface area contributed by atoms with Gasteiger partial charge in [0.1, 0.15) is 0 Å². The molecule has 1 fully saturated rings. The fourth-order valence-corrected chi connectivity index (χ4v) is 2.98. The SMILES string of the molecule is COCC1CCN(C(=O)C(CN)Cc2ccccc2)CC1. The van der Waals surface area contributed by atoms with E-state index in [0.717, 1.165) is 39.0 Å². The van der Waals surface area contributed by atoms with Crippen LogP contribution in [0.1, 0.15) is 18.4 Å². The summed E-state index contributed by atoms with van der Waals surface area (Å²) >= 11 is 0. The lowest BCUT2D eigenvalue weighted by molar-refractivity contribution is -0.136. The van der Waals surface area contributed by atoms with Crippen LogP contribution >= 0.6 is 0 Å². The molecule has 0 saturated carbocycles. The number of carbonyl (C=O) groups is 1. The van der Waals surface area contributed by atoms with Gasteiger partial charge in [0.15, 0.2) is 0 Å². The zero-order chi connectivity index (χ0) is 15.1. The third-order valence-electron chi connectivity index (χ3n) is 4.29. The first-order valence-electron chi connectivity index (χ1n) is 7.76. The fourth-order valence-electron chi connectivity index (χ4n) is 2.98. The average Bonchev–Trinajstić information content (AvgIpc) is 2.54. The minimum Gasteiger partial charge on any atom is -0.384 e. The van der Waals surface area contributed by atoms with E-state index in [1.54, 1.807) is 7.11 Å². The summed E-state index contributed by atoms with van der Waals surface area (Å²) in [6, 6.07) is 10.1. The van der Waals surface area contributed by atoms with Gasteiger partial charge >= 0.3 is 0 Å². The molecule has 0 aliphatic carbocycles. The number of carbonyl (C=O) groups excluding carboxylic acids is 1. The number of hydrogen-bond donors (Lipinski definition) is 1. The van der Waals surface area contributed by atoms with E-state index in [1.165, 1.54) is 5.56 Å². The average molecular weight is 290 g/mol. The molecule has 4 nitrogen and oxygen atoms in total. The molecule has 116 valence electrons. The molecule has 1 unspecified atom stereocenters. The highest BCUT2D eigenvalue weighted by molar-refractivity contribution is 5.79. The predicted octanol–water partition coefficient (Wildman–Crippen LogP) is 1.69. The van der Waals surface area contributed by atoms with Gasteiger partial charge < -0.3 is 15.4 Å². The van der Waals surface area contributed by atoms with Crippen LogP contribution in [0.25, 0.3) is 0 Å². The van der Waals surface area contributed by atoms with Gasteiger partial charge in [-0.2, -0.15) is 0 Å². The van der Waals surface area contributed by atoms with Gasteiger partial charge in [-0.15, -0.1) is 0 Å². The van der Waals surface area contributed by atoms with Crippen molar-refractivity contribution >= 4 is 5.91 Å². The summed E-state index contributed by atoms with van der Waals surface area (Å²) in [5, 5.41) is 0. The number of nitrogens with zero attached hydrogens (tertiary/aromatic N) is 1. The highest BCUT2D eigenvalue weighted by Crippen LogP contribution is 2.20. The normalized spacial score (nSPS) is 17.7. The van der Waals surface area contributed by atoms with Gasteiger partial charge in [-0.3, -0.25) is 4.79 Å². The summed E-state index contributed by atoms with van der Waals surface area (Å²) in [6.45, 7) is 2.87. The van der Waals surface area contributed by atoms with E-state index in [4.69, 9.17) is 10.5 Å². The monoisotopic (exact) mass is 290 g/mol. The molecule has 1 aliphatic rings. The summed E-state index contributed by atoms with van der Waals surface area (Å²) in [5.41, 5.74) is 7.01. The molecule has 0 spiro atoms. The number of nitrogens with two attached hydrogens (primary N) is 1. The fraction of sp³-hybridized carbons (Fsp3) is 0.588. The van der Waals surface area contributed by atoms with Crippen molar-refractivity contribution in [3.8, 4) is 0 Å². The Kier molecular flexibility index (Phi) is 6.21. The van der Waals surface area contributed by atoms with Crippen molar-refractivity contribution in [3.05, 3.63) is 35.9 Å². The maximum atomic E-state index is 12.6. The Morgan fingerprint density at radius 1 is 1.33 bits per heavy atom. The quantitative estimate of drug-likeness (QED) is 0.867. The first-order valence-corrected chi connectivity index (χ1v) is 7.76. The van der Waals surface area contributed by atoms with Crippen LogP contribution in [0.3, 0.4) is 0 Å². The second kappa shape index (κ2) is 8.15. The number of methoxy groups -OCH3 is 1. The molecular formula is C17H26N2O2.